The van der Waals surface area contributed by atoms with Crippen molar-refractivity contribution in [3.05, 3.63) is 47.5 Å². The van der Waals surface area contributed by atoms with Gasteiger partial charge in [0.15, 0.2) is 23.0 Å². The predicted molar refractivity (Wildman–Crippen MR) is 119 cm³/mol. The van der Waals surface area contributed by atoms with Crippen molar-refractivity contribution >= 4 is 0 Å². The molecule has 8 nitrogen and oxygen atoms in total. The van der Waals surface area contributed by atoms with E-state index in [1.807, 2.05) is 36.4 Å². The van der Waals surface area contributed by atoms with Crippen molar-refractivity contribution in [3.63, 3.8) is 0 Å². The van der Waals surface area contributed by atoms with Gasteiger partial charge in [0.05, 0.1) is 13.2 Å². The van der Waals surface area contributed by atoms with Crippen LogP contribution in [0.3, 0.4) is 0 Å². The molecule has 0 saturated carbocycles. The van der Waals surface area contributed by atoms with Crippen LogP contribution in [0.1, 0.15) is 24.0 Å². The van der Waals surface area contributed by atoms with E-state index in [9.17, 15) is 10.2 Å². The number of nitrogens with zero attached hydrogens (tertiary/aromatic N) is 1. The zero-order valence-corrected chi connectivity index (χ0v) is 18.5. The lowest BCUT2D eigenvalue weighted by atomic mass is 10.1. The number of benzene rings is 2. The maximum absolute atomic E-state index is 10.3. The number of likely N-dealkylation sites (tertiary alicyclic amines) is 1. The summed E-state index contributed by atoms with van der Waals surface area (Å²) in [6.07, 6.45) is 0.698. The van der Waals surface area contributed by atoms with Gasteiger partial charge in [-0.15, -0.1) is 0 Å². The summed E-state index contributed by atoms with van der Waals surface area (Å²) >= 11 is 0. The first-order valence-corrected chi connectivity index (χ1v) is 11.1. The van der Waals surface area contributed by atoms with Crippen molar-refractivity contribution < 1.29 is 29.2 Å². The first-order valence-electron chi connectivity index (χ1n) is 11.1. The molecule has 0 radical (unpaired) electrons. The monoisotopic (exact) mass is 444 g/mol. The standard InChI is InChI=1S/C24H32N2O6/c1-29-23-10-17(12-25-13-18-3-5-22-24(11-18)32-16-31-22)2-4-21(23)30-15-20(28)14-26-8-6-19(27)7-9-26/h2-5,10-11,19-20,25,27-28H,6-9,12-16H2,1H3. The molecule has 0 bridgehead atoms. The summed E-state index contributed by atoms with van der Waals surface area (Å²) in [6, 6.07) is 11.8. The first-order chi connectivity index (χ1) is 15.6. The Kier molecular flexibility index (Phi) is 7.70. The smallest absolute Gasteiger partial charge is 0.231 e. The van der Waals surface area contributed by atoms with E-state index in [-0.39, 0.29) is 19.5 Å². The molecule has 32 heavy (non-hydrogen) atoms. The van der Waals surface area contributed by atoms with Crippen molar-refractivity contribution in [2.24, 2.45) is 0 Å². The van der Waals surface area contributed by atoms with Gasteiger partial charge in [0.1, 0.15) is 12.7 Å². The van der Waals surface area contributed by atoms with Gasteiger partial charge in [0.25, 0.3) is 0 Å². The molecular weight excluding hydrogens is 412 g/mol. The maximum atomic E-state index is 10.3. The lowest BCUT2D eigenvalue weighted by Crippen LogP contribution is -2.41. The highest BCUT2D eigenvalue weighted by atomic mass is 16.7. The van der Waals surface area contributed by atoms with Crippen LogP contribution in [0.2, 0.25) is 0 Å². The number of hydrogen-bond donors (Lipinski definition) is 3. The zero-order valence-electron chi connectivity index (χ0n) is 18.5. The number of piperidine rings is 1. The third-order valence-electron chi connectivity index (χ3n) is 5.78. The Morgan fingerprint density at radius 2 is 1.75 bits per heavy atom. The van der Waals surface area contributed by atoms with Gasteiger partial charge in [-0.05, 0) is 48.2 Å². The van der Waals surface area contributed by atoms with Crippen LogP contribution < -0.4 is 24.3 Å². The second kappa shape index (κ2) is 10.9. The average molecular weight is 445 g/mol. The topological polar surface area (TPSA) is 92.7 Å². The summed E-state index contributed by atoms with van der Waals surface area (Å²) in [6.45, 7) is 3.99. The van der Waals surface area contributed by atoms with Crippen molar-refractivity contribution in [3.8, 4) is 23.0 Å². The van der Waals surface area contributed by atoms with E-state index in [2.05, 4.69) is 10.2 Å². The van der Waals surface area contributed by atoms with Gasteiger partial charge in [0.2, 0.25) is 6.79 Å². The van der Waals surface area contributed by atoms with Crippen LogP contribution in [0.15, 0.2) is 36.4 Å². The molecule has 1 saturated heterocycles. The number of methoxy groups -OCH3 is 1. The van der Waals surface area contributed by atoms with Crippen molar-refractivity contribution in [2.45, 2.75) is 38.1 Å². The number of β-amino-alcohol motifs (C(OH)–C–C–N with tert-alkyl or cyclic N) is 1. The predicted octanol–water partition coefficient (Wildman–Crippen LogP) is 1.91. The number of aliphatic hydroxyl groups excluding tert-OH is 2. The van der Waals surface area contributed by atoms with Crippen molar-refractivity contribution in [2.75, 3.05) is 40.1 Å². The largest absolute Gasteiger partial charge is 0.493 e. The fraction of sp³-hybridized carbons (Fsp3) is 0.500. The molecule has 0 amide bonds. The Balaban J connectivity index is 1.24. The minimum absolute atomic E-state index is 0.192. The minimum atomic E-state index is -0.599. The third-order valence-corrected chi connectivity index (χ3v) is 5.78. The second-order valence-electron chi connectivity index (χ2n) is 8.27. The number of nitrogens with one attached hydrogen (secondary N) is 1. The van der Waals surface area contributed by atoms with Crippen LogP contribution in [0, 0.1) is 0 Å². The van der Waals surface area contributed by atoms with Gasteiger partial charge < -0.3 is 39.4 Å². The van der Waals surface area contributed by atoms with E-state index in [0.29, 0.717) is 31.1 Å². The summed E-state index contributed by atoms with van der Waals surface area (Å²) in [4.78, 5) is 2.16. The molecule has 2 aromatic carbocycles. The van der Waals surface area contributed by atoms with E-state index >= 15 is 0 Å². The highest BCUT2D eigenvalue weighted by Gasteiger charge is 2.20. The molecule has 0 spiro atoms. The first kappa shape index (κ1) is 22.7. The van der Waals surface area contributed by atoms with E-state index in [1.165, 1.54) is 0 Å². The van der Waals surface area contributed by atoms with Gasteiger partial charge in [-0.25, -0.2) is 0 Å². The lowest BCUT2D eigenvalue weighted by molar-refractivity contribution is 0.0333. The van der Waals surface area contributed by atoms with Gasteiger partial charge >= 0.3 is 0 Å². The van der Waals surface area contributed by atoms with Crippen LogP contribution >= 0.6 is 0 Å². The fourth-order valence-electron chi connectivity index (χ4n) is 3.98. The van der Waals surface area contributed by atoms with Crippen LogP contribution in [0.5, 0.6) is 23.0 Å². The highest BCUT2D eigenvalue weighted by Crippen LogP contribution is 2.32. The van der Waals surface area contributed by atoms with Gasteiger partial charge in [0, 0.05) is 32.7 Å². The molecule has 2 aromatic rings. The summed E-state index contributed by atoms with van der Waals surface area (Å²) in [5, 5.41) is 23.4. The van der Waals surface area contributed by atoms with Crippen LogP contribution in [0.25, 0.3) is 0 Å². The molecule has 0 aromatic heterocycles. The van der Waals surface area contributed by atoms with Gasteiger partial charge in [-0.3, -0.25) is 0 Å². The van der Waals surface area contributed by atoms with Gasteiger partial charge in [-0.1, -0.05) is 12.1 Å². The van der Waals surface area contributed by atoms with E-state index in [1.54, 1.807) is 7.11 Å². The zero-order chi connectivity index (χ0) is 22.3. The van der Waals surface area contributed by atoms with Crippen LogP contribution in [-0.2, 0) is 13.1 Å². The highest BCUT2D eigenvalue weighted by molar-refractivity contribution is 5.45. The van der Waals surface area contributed by atoms with E-state index < -0.39 is 6.10 Å². The Bertz CT molecular complexity index is 885. The Morgan fingerprint density at radius 1 is 1.03 bits per heavy atom. The summed E-state index contributed by atoms with van der Waals surface area (Å²) < 4.78 is 22.1. The quantitative estimate of drug-likeness (QED) is 0.512. The summed E-state index contributed by atoms with van der Waals surface area (Å²) in [5.41, 5.74) is 2.20. The normalized spacial score (nSPS) is 17.3. The molecule has 0 aliphatic carbocycles. The SMILES string of the molecule is COc1cc(CNCc2ccc3c(c2)OCO3)ccc1OCC(O)CN1CCC(O)CC1. The molecule has 2 aliphatic rings. The number of hydrogen-bond acceptors (Lipinski definition) is 8. The molecule has 4 rings (SSSR count). The second-order valence-corrected chi connectivity index (χ2v) is 8.27. The lowest BCUT2D eigenvalue weighted by Gasteiger charge is -2.30. The molecule has 2 aliphatic heterocycles. The van der Waals surface area contributed by atoms with Crippen LogP contribution in [0.4, 0.5) is 0 Å². The minimum Gasteiger partial charge on any atom is -0.493 e. The Labute approximate surface area is 188 Å². The number of ether oxygens (including phenoxy) is 4. The Morgan fingerprint density at radius 3 is 2.53 bits per heavy atom. The molecular formula is C24H32N2O6. The number of aliphatic hydroxyl groups is 2. The van der Waals surface area contributed by atoms with Gasteiger partial charge in [-0.2, -0.15) is 0 Å². The Hall–Kier alpha value is -2.52. The third kappa shape index (κ3) is 6.04. The maximum Gasteiger partial charge on any atom is 0.231 e. The average Bonchev–Trinajstić information content (AvgIpc) is 3.27. The van der Waals surface area contributed by atoms with E-state index in [0.717, 1.165) is 48.6 Å². The van der Waals surface area contributed by atoms with Crippen molar-refractivity contribution in [1.82, 2.24) is 10.2 Å². The van der Waals surface area contributed by atoms with Crippen LogP contribution in [-0.4, -0.2) is 67.5 Å². The summed E-state index contributed by atoms with van der Waals surface area (Å²) in [7, 11) is 1.61. The van der Waals surface area contributed by atoms with Crippen molar-refractivity contribution in [1.29, 1.82) is 0 Å². The molecule has 2 heterocycles. The molecule has 8 heteroatoms. The number of rotatable bonds is 10. The molecule has 1 atom stereocenters. The fourth-order valence-corrected chi connectivity index (χ4v) is 3.98. The summed E-state index contributed by atoms with van der Waals surface area (Å²) in [5.74, 6) is 2.82. The number of fused-ring (bicyclic) bond motifs is 1. The van der Waals surface area contributed by atoms with E-state index in [4.69, 9.17) is 18.9 Å². The molecule has 3 N–H and O–H groups in total. The molecule has 1 fully saturated rings. The molecule has 174 valence electrons. The molecule has 1 unspecified atom stereocenters.